The largest absolute Gasteiger partial charge is 0.481 e. The van der Waals surface area contributed by atoms with Crippen LogP contribution in [0.5, 0.6) is 0 Å². The van der Waals surface area contributed by atoms with E-state index in [-0.39, 0.29) is 42.9 Å². The second-order valence-corrected chi connectivity index (χ2v) is 5.87. The zero-order valence-electron chi connectivity index (χ0n) is 11.9. The maximum atomic E-state index is 11.8. The van der Waals surface area contributed by atoms with Gasteiger partial charge in [0, 0.05) is 31.8 Å². The lowest BCUT2D eigenvalue weighted by Gasteiger charge is -2.20. The summed E-state index contributed by atoms with van der Waals surface area (Å²) in [6.07, 6.45) is 0.291. The van der Waals surface area contributed by atoms with E-state index in [1.165, 1.54) is 0 Å². The molecular weight excluding hydrogens is 248 g/mol. The highest BCUT2D eigenvalue weighted by molar-refractivity contribution is 5.83. The van der Waals surface area contributed by atoms with Gasteiger partial charge in [-0.1, -0.05) is 20.8 Å². The number of rotatable bonds is 8. The molecule has 0 saturated carbocycles. The highest BCUT2D eigenvalue weighted by Crippen LogP contribution is 2.19. The third-order valence-electron chi connectivity index (χ3n) is 2.42. The number of carbonyl (C=O) groups is 3. The number of carboxylic acids is 1. The Balaban J connectivity index is 4.17. The molecule has 4 N–H and O–H groups in total. The molecule has 0 rings (SSSR count). The lowest BCUT2D eigenvalue weighted by molar-refractivity contribution is -0.139. The predicted molar refractivity (Wildman–Crippen MR) is 71.6 cm³/mol. The summed E-state index contributed by atoms with van der Waals surface area (Å²) in [5, 5.41) is 11.1. The van der Waals surface area contributed by atoms with Gasteiger partial charge in [-0.15, -0.1) is 0 Å². The van der Waals surface area contributed by atoms with Crippen LogP contribution in [-0.2, 0) is 14.4 Å². The number of hydrogen-bond donors (Lipinski definition) is 3. The number of Topliss-reactive ketones (excluding diaryl/α,β-unsaturated/α-hetero) is 1. The zero-order valence-corrected chi connectivity index (χ0v) is 11.9. The van der Waals surface area contributed by atoms with Crippen LogP contribution in [0.15, 0.2) is 0 Å². The van der Waals surface area contributed by atoms with Gasteiger partial charge in [0.15, 0.2) is 0 Å². The van der Waals surface area contributed by atoms with Gasteiger partial charge in [-0.25, -0.2) is 0 Å². The second kappa shape index (κ2) is 7.89. The van der Waals surface area contributed by atoms with Gasteiger partial charge in [0.1, 0.15) is 5.78 Å². The molecule has 0 aromatic carbocycles. The first-order chi connectivity index (χ1) is 8.64. The normalized spacial score (nSPS) is 12.8. The van der Waals surface area contributed by atoms with Crippen molar-refractivity contribution in [2.24, 2.45) is 11.1 Å². The number of hydrogen-bond acceptors (Lipinski definition) is 4. The van der Waals surface area contributed by atoms with Crippen molar-refractivity contribution < 1.29 is 19.5 Å². The van der Waals surface area contributed by atoms with E-state index in [4.69, 9.17) is 10.8 Å². The Morgan fingerprint density at radius 3 is 2.21 bits per heavy atom. The molecule has 0 radical (unpaired) electrons. The molecule has 0 saturated heterocycles. The van der Waals surface area contributed by atoms with Crippen LogP contribution in [0.4, 0.5) is 0 Å². The summed E-state index contributed by atoms with van der Waals surface area (Å²) in [5.41, 5.74) is 5.41. The number of aliphatic carboxylic acids is 1. The van der Waals surface area contributed by atoms with E-state index >= 15 is 0 Å². The van der Waals surface area contributed by atoms with E-state index in [2.05, 4.69) is 5.32 Å². The van der Waals surface area contributed by atoms with Gasteiger partial charge < -0.3 is 16.2 Å². The molecule has 6 nitrogen and oxygen atoms in total. The first-order valence-electron chi connectivity index (χ1n) is 6.37. The van der Waals surface area contributed by atoms with Gasteiger partial charge in [-0.2, -0.15) is 0 Å². The third kappa shape index (κ3) is 10.2. The van der Waals surface area contributed by atoms with Crippen molar-refractivity contribution in [3.63, 3.8) is 0 Å². The minimum Gasteiger partial charge on any atom is -0.481 e. The Morgan fingerprint density at radius 2 is 1.79 bits per heavy atom. The molecule has 1 atom stereocenters. The molecule has 6 heteroatoms. The van der Waals surface area contributed by atoms with Gasteiger partial charge in [-0.05, 0) is 5.41 Å². The van der Waals surface area contributed by atoms with Crippen molar-refractivity contribution >= 4 is 17.7 Å². The molecule has 0 aliphatic heterocycles. The number of amides is 1. The van der Waals surface area contributed by atoms with Crippen molar-refractivity contribution in [3.05, 3.63) is 0 Å². The number of nitrogens with one attached hydrogen (secondary N) is 1. The summed E-state index contributed by atoms with van der Waals surface area (Å²) in [6, 6.07) is -0.420. The third-order valence-corrected chi connectivity index (χ3v) is 2.42. The fraction of sp³-hybridized carbons (Fsp3) is 0.769. The van der Waals surface area contributed by atoms with Crippen molar-refractivity contribution in [3.8, 4) is 0 Å². The minimum atomic E-state index is -1.02. The molecule has 1 unspecified atom stereocenters. The zero-order chi connectivity index (χ0) is 15.1. The fourth-order valence-corrected chi connectivity index (χ4v) is 1.65. The van der Waals surface area contributed by atoms with E-state index in [1.54, 1.807) is 0 Å². The Bertz CT molecular complexity index is 334. The molecule has 1 amide bonds. The number of carboxylic acid groups (broad SMARTS) is 1. The van der Waals surface area contributed by atoms with Crippen LogP contribution in [-0.4, -0.2) is 35.4 Å². The number of ketones is 1. The van der Waals surface area contributed by atoms with Gasteiger partial charge in [0.25, 0.3) is 0 Å². The van der Waals surface area contributed by atoms with Crippen LogP contribution in [0.1, 0.15) is 46.5 Å². The van der Waals surface area contributed by atoms with Crippen LogP contribution in [0.25, 0.3) is 0 Å². The topological polar surface area (TPSA) is 109 Å². The van der Waals surface area contributed by atoms with E-state index in [0.29, 0.717) is 6.42 Å². The maximum absolute atomic E-state index is 11.8. The molecule has 0 fully saturated rings. The minimum absolute atomic E-state index is 0.0430. The van der Waals surface area contributed by atoms with Crippen LogP contribution in [0.3, 0.4) is 0 Å². The van der Waals surface area contributed by atoms with E-state index in [9.17, 15) is 14.4 Å². The molecule has 0 aromatic heterocycles. The van der Waals surface area contributed by atoms with Crippen molar-refractivity contribution in [1.29, 1.82) is 0 Å². The van der Waals surface area contributed by atoms with Gasteiger partial charge >= 0.3 is 5.97 Å². The molecule has 0 aromatic rings. The van der Waals surface area contributed by atoms with E-state index < -0.39 is 12.0 Å². The molecule has 0 spiro atoms. The van der Waals surface area contributed by atoms with Crippen LogP contribution >= 0.6 is 0 Å². The molecule has 0 heterocycles. The van der Waals surface area contributed by atoms with Crippen LogP contribution in [0, 0.1) is 5.41 Å². The molecule has 110 valence electrons. The summed E-state index contributed by atoms with van der Waals surface area (Å²) >= 11 is 0. The molecule has 0 aliphatic carbocycles. The summed E-state index contributed by atoms with van der Waals surface area (Å²) < 4.78 is 0. The monoisotopic (exact) mass is 272 g/mol. The quantitative estimate of drug-likeness (QED) is 0.602. The Morgan fingerprint density at radius 1 is 1.21 bits per heavy atom. The standard InChI is InChI=1S/C13H24N2O4/c1-13(2,3)7-10(16)6-9(8-14)15-11(17)4-5-12(18)19/h9H,4-8,14H2,1-3H3,(H,15,17)(H,18,19). The first kappa shape index (κ1) is 17.6. The summed E-state index contributed by atoms with van der Waals surface area (Å²) in [4.78, 5) is 33.6. The molecule has 0 bridgehead atoms. The molecule has 0 aliphatic rings. The van der Waals surface area contributed by atoms with Crippen LogP contribution < -0.4 is 11.1 Å². The first-order valence-corrected chi connectivity index (χ1v) is 6.37. The maximum Gasteiger partial charge on any atom is 0.303 e. The van der Waals surface area contributed by atoms with Gasteiger partial charge in [0.05, 0.1) is 6.42 Å². The Hall–Kier alpha value is -1.43. The SMILES string of the molecule is CC(C)(C)CC(=O)CC(CN)NC(=O)CCC(=O)O. The molecule has 19 heavy (non-hydrogen) atoms. The number of nitrogens with two attached hydrogens (primary N) is 1. The van der Waals surface area contributed by atoms with Crippen molar-refractivity contribution in [2.45, 2.75) is 52.5 Å². The van der Waals surface area contributed by atoms with E-state index in [1.807, 2.05) is 20.8 Å². The summed E-state index contributed by atoms with van der Waals surface area (Å²) in [5.74, 6) is -1.37. The highest BCUT2D eigenvalue weighted by atomic mass is 16.4. The second-order valence-electron chi connectivity index (χ2n) is 5.87. The Labute approximate surface area is 113 Å². The fourth-order valence-electron chi connectivity index (χ4n) is 1.65. The number of carbonyl (C=O) groups excluding carboxylic acids is 2. The Kier molecular flexibility index (Phi) is 7.29. The lowest BCUT2D eigenvalue weighted by atomic mass is 9.88. The smallest absolute Gasteiger partial charge is 0.303 e. The highest BCUT2D eigenvalue weighted by Gasteiger charge is 2.20. The van der Waals surface area contributed by atoms with Crippen molar-refractivity contribution in [2.75, 3.05) is 6.54 Å². The van der Waals surface area contributed by atoms with Crippen molar-refractivity contribution in [1.82, 2.24) is 5.32 Å². The van der Waals surface area contributed by atoms with Gasteiger partial charge in [-0.3, -0.25) is 14.4 Å². The average Bonchev–Trinajstić information content (AvgIpc) is 2.22. The summed E-state index contributed by atoms with van der Waals surface area (Å²) in [6.45, 7) is 6.06. The lowest BCUT2D eigenvalue weighted by Crippen LogP contribution is -2.42. The summed E-state index contributed by atoms with van der Waals surface area (Å²) in [7, 11) is 0. The van der Waals surface area contributed by atoms with E-state index in [0.717, 1.165) is 0 Å². The van der Waals surface area contributed by atoms with Crippen LogP contribution in [0.2, 0.25) is 0 Å². The average molecular weight is 272 g/mol. The predicted octanol–water partition coefficient (Wildman–Crippen LogP) is 0.690. The van der Waals surface area contributed by atoms with Gasteiger partial charge in [0.2, 0.25) is 5.91 Å². The molecular formula is C13H24N2O4.